The van der Waals surface area contributed by atoms with Gasteiger partial charge in [-0.05, 0) is 30.0 Å². The summed E-state index contributed by atoms with van der Waals surface area (Å²) < 4.78 is 0. The van der Waals surface area contributed by atoms with Gasteiger partial charge in [0.1, 0.15) is 0 Å². The zero-order valence-corrected chi connectivity index (χ0v) is 14.9. The van der Waals surface area contributed by atoms with Gasteiger partial charge in [0.15, 0.2) is 0 Å². The molecule has 3 heteroatoms. The van der Waals surface area contributed by atoms with Crippen LogP contribution in [-0.4, -0.2) is 36.5 Å². The van der Waals surface area contributed by atoms with Crippen molar-refractivity contribution in [3.05, 3.63) is 65.7 Å². The van der Waals surface area contributed by atoms with Crippen LogP contribution < -0.4 is 4.90 Å². The van der Waals surface area contributed by atoms with Gasteiger partial charge in [-0.2, -0.15) is 0 Å². The van der Waals surface area contributed by atoms with E-state index in [2.05, 4.69) is 64.4 Å². The average molecular weight is 334 g/mol. The monoisotopic (exact) mass is 334 g/mol. The molecule has 2 aromatic carbocycles. The highest BCUT2D eigenvalue weighted by Gasteiger charge is 2.43. The number of rotatable bonds is 4. The summed E-state index contributed by atoms with van der Waals surface area (Å²) in [6, 6.07) is 19.6. The van der Waals surface area contributed by atoms with Crippen molar-refractivity contribution in [2.45, 2.75) is 38.1 Å². The molecule has 0 unspecified atom stereocenters. The van der Waals surface area contributed by atoms with Crippen molar-refractivity contribution in [2.75, 3.05) is 24.5 Å². The van der Waals surface area contributed by atoms with Gasteiger partial charge < -0.3 is 9.80 Å². The number of likely N-dealkylation sites (tertiary alicyclic amines) is 1. The van der Waals surface area contributed by atoms with Crippen molar-refractivity contribution in [3.63, 3.8) is 0 Å². The van der Waals surface area contributed by atoms with Crippen LogP contribution in [0.4, 0.5) is 5.69 Å². The van der Waals surface area contributed by atoms with Crippen LogP contribution in [0.15, 0.2) is 54.6 Å². The first-order chi connectivity index (χ1) is 12.3. The highest BCUT2D eigenvalue weighted by Crippen LogP contribution is 2.44. The van der Waals surface area contributed by atoms with E-state index in [0.29, 0.717) is 18.4 Å². The molecule has 0 N–H and O–H groups in total. The van der Waals surface area contributed by atoms with E-state index >= 15 is 0 Å². The fraction of sp³-hybridized carbons (Fsp3) is 0.409. The number of nitrogens with zero attached hydrogens (tertiary/aromatic N) is 2. The molecule has 130 valence electrons. The Hall–Kier alpha value is -2.13. The second-order valence-electron chi connectivity index (χ2n) is 7.17. The highest BCUT2D eigenvalue weighted by molar-refractivity contribution is 5.96. The lowest BCUT2D eigenvalue weighted by Crippen LogP contribution is -2.48. The predicted octanol–water partition coefficient (Wildman–Crippen LogP) is 3.84. The Morgan fingerprint density at radius 1 is 1.08 bits per heavy atom. The van der Waals surface area contributed by atoms with Crippen LogP contribution in [0.1, 0.15) is 36.8 Å². The van der Waals surface area contributed by atoms with Gasteiger partial charge in [-0.3, -0.25) is 4.79 Å². The van der Waals surface area contributed by atoms with Crippen molar-refractivity contribution in [1.82, 2.24) is 4.90 Å². The van der Waals surface area contributed by atoms with E-state index < -0.39 is 0 Å². The molecule has 0 spiro atoms. The molecule has 25 heavy (non-hydrogen) atoms. The summed E-state index contributed by atoms with van der Waals surface area (Å²) in [5.41, 5.74) is 3.91. The number of piperidine rings is 1. The van der Waals surface area contributed by atoms with E-state index in [-0.39, 0.29) is 5.91 Å². The molecule has 3 nitrogen and oxygen atoms in total. The van der Waals surface area contributed by atoms with E-state index in [1.807, 2.05) is 6.92 Å². The maximum Gasteiger partial charge on any atom is 0.226 e. The fourth-order valence-electron chi connectivity index (χ4n) is 4.45. The number of hydrogen-bond donors (Lipinski definition) is 0. The number of anilines is 1. The Morgan fingerprint density at radius 2 is 1.84 bits per heavy atom. The first-order valence-electron chi connectivity index (χ1n) is 9.45. The molecule has 0 saturated carbocycles. The van der Waals surface area contributed by atoms with E-state index in [1.165, 1.54) is 11.1 Å². The van der Waals surface area contributed by atoms with E-state index in [1.54, 1.807) is 0 Å². The third kappa shape index (κ3) is 3.09. The van der Waals surface area contributed by atoms with Crippen LogP contribution in [0.5, 0.6) is 0 Å². The summed E-state index contributed by atoms with van der Waals surface area (Å²) >= 11 is 0. The topological polar surface area (TPSA) is 23.6 Å². The number of carbonyl (C=O) groups is 1. The van der Waals surface area contributed by atoms with Crippen LogP contribution >= 0.6 is 0 Å². The second kappa shape index (κ2) is 7.01. The summed E-state index contributed by atoms with van der Waals surface area (Å²) in [5.74, 6) is 0.717. The summed E-state index contributed by atoms with van der Waals surface area (Å²) in [4.78, 5) is 17.2. The number of hydrogen-bond acceptors (Lipinski definition) is 2. The summed E-state index contributed by atoms with van der Waals surface area (Å²) in [5, 5.41) is 0. The lowest BCUT2D eigenvalue weighted by atomic mass is 9.89. The minimum atomic E-state index is 0.262. The molecular formula is C22H26N2O. The smallest absolute Gasteiger partial charge is 0.226 e. The molecule has 2 aliphatic heterocycles. The molecule has 2 heterocycles. The average Bonchev–Trinajstić information content (AvgIpc) is 3.00. The molecule has 4 rings (SSSR count). The van der Waals surface area contributed by atoms with Gasteiger partial charge in [-0.15, -0.1) is 0 Å². The predicted molar refractivity (Wildman–Crippen MR) is 102 cm³/mol. The Labute approximate surface area is 150 Å². The normalized spacial score (nSPS) is 22.5. The zero-order valence-electron chi connectivity index (χ0n) is 14.9. The summed E-state index contributed by atoms with van der Waals surface area (Å²) in [6.45, 7) is 5.20. The van der Waals surface area contributed by atoms with Gasteiger partial charge in [0.2, 0.25) is 5.91 Å². The molecule has 0 aliphatic carbocycles. The minimum absolute atomic E-state index is 0.262. The number of benzene rings is 2. The molecule has 0 radical (unpaired) electrons. The lowest BCUT2D eigenvalue weighted by molar-refractivity contribution is -0.118. The Bertz CT molecular complexity index is 743. The van der Waals surface area contributed by atoms with Gasteiger partial charge in [0.05, 0.1) is 0 Å². The van der Waals surface area contributed by atoms with Gasteiger partial charge in [-0.1, -0.05) is 55.5 Å². The zero-order chi connectivity index (χ0) is 17.2. The highest BCUT2D eigenvalue weighted by atomic mass is 16.2. The lowest BCUT2D eigenvalue weighted by Gasteiger charge is -2.38. The number of para-hydroxylation sites is 1. The third-order valence-corrected chi connectivity index (χ3v) is 5.72. The molecule has 2 atom stereocenters. The Kier molecular flexibility index (Phi) is 4.58. The van der Waals surface area contributed by atoms with Crippen molar-refractivity contribution < 1.29 is 4.79 Å². The first kappa shape index (κ1) is 16.3. The van der Waals surface area contributed by atoms with Crippen molar-refractivity contribution in [3.8, 4) is 0 Å². The van der Waals surface area contributed by atoms with Crippen molar-refractivity contribution in [1.29, 1.82) is 0 Å². The van der Waals surface area contributed by atoms with Crippen molar-refractivity contribution >= 4 is 11.6 Å². The molecule has 2 aliphatic rings. The number of amides is 1. The third-order valence-electron chi connectivity index (χ3n) is 5.72. The number of carbonyl (C=O) groups excluding carboxylic acids is 1. The number of fused-ring (bicyclic) bond motifs is 3. The molecule has 1 amide bonds. The Balaban J connectivity index is 1.50. The van der Waals surface area contributed by atoms with E-state index in [4.69, 9.17) is 0 Å². The maximum atomic E-state index is 12.5. The maximum absolute atomic E-state index is 12.5. The van der Waals surface area contributed by atoms with Crippen molar-refractivity contribution in [2.24, 2.45) is 0 Å². The standard InChI is InChI=1S/C22H26N2O/c1-2-22(25)24-20-11-7-6-10-18(20)19-16-23(15-13-21(19)24)14-12-17-8-4-3-5-9-17/h3-11,19,21H,2,12-16H2,1H3/t19-,21+/m0/s1. The molecule has 1 saturated heterocycles. The minimum Gasteiger partial charge on any atom is -0.308 e. The SMILES string of the molecule is CCC(=O)N1c2ccccc2[C@@H]2CN(CCc3ccccc3)CC[C@H]21. The fourth-order valence-corrected chi connectivity index (χ4v) is 4.45. The molecule has 1 fully saturated rings. The largest absolute Gasteiger partial charge is 0.308 e. The molecular weight excluding hydrogens is 308 g/mol. The summed E-state index contributed by atoms with van der Waals surface area (Å²) in [7, 11) is 0. The second-order valence-corrected chi connectivity index (χ2v) is 7.17. The molecule has 0 aromatic heterocycles. The van der Waals surface area contributed by atoms with Crippen LogP contribution in [0.2, 0.25) is 0 Å². The van der Waals surface area contributed by atoms with Crippen LogP contribution in [0, 0.1) is 0 Å². The van der Waals surface area contributed by atoms with E-state index in [9.17, 15) is 4.79 Å². The molecule has 0 bridgehead atoms. The van der Waals surface area contributed by atoms with Crippen LogP contribution in [0.3, 0.4) is 0 Å². The van der Waals surface area contributed by atoms with Gasteiger partial charge in [-0.25, -0.2) is 0 Å². The first-order valence-corrected chi connectivity index (χ1v) is 9.45. The van der Waals surface area contributed by atoms with Crippen LogP contribution in [-0.2, 0) is 11.2 Å². The van der Waals surface area contributed by atoms with Gasteiger partial charge in [0.25, 0.3) is 0 Å². The van der Waals surface area contributed by atoms with E-state index in [0.717, 1.165) is 38.2 Å². The quantitative estimate of drug-likeness (QED) is 0.848. The van der Waals surface area contributed by atoms with Gasteiger partial charge in [0, 0.05) is 43.7 Å². The Morgan fingerprint density at radius 3 is 2.64 bits per heavy atom. The van der Waals surface area contributed by atoms with Gasteiger partial charge >= 0.3 is 0 Å². The van der Waals surface area contributed by atoms with Crippen LogP contribution in [0.25, 0.3) is 0 Å². The molecule has 2 aromatic rings. The summed E-state index contributed by atoms with van der Waals surface area (Å²) in [6.07, 6.45) is 2.74.